The Morgan fingerprint density at radius 2 is 1.85 bits per heavy atom. The Kier molecular flexibility index (Phi) is 4.76. The van der Waals surface area contributed by atoms with E-state index >= 15 is 0 Å². The second-order valence-electron chi connectivity index (χ2n) is 6.84. The van der Waals surface area contributed by atoms with Gasteiger partial charge in [-0.1, -0.05) is 19.9 Å². The number of anilines is 1. The molecular formula is C20H22ClNO4. The number of aryl methyl sites for hydroxylation is 1. The Labute approximate surface area is 157 Å². The zero-order valence-electron chi connectivity index (χ0n) is 15.2. The molecule has 0 aliphatic carbocycles. The fraction of sp³-hybridized carbons (Fsp3) is 0.350. The lowest BCUT2D eigenvalue weighted by atomic mass is 9.90. The highest BCUT2D eigenvalue weighted by molar-refractivity contribution is 6.37. The molecular weight excluding hydrogens is 354 g/mol. The number of β-lactam (4-membered cyclic amide) rings is 1. The quantitative estimate of drug-likeness (QED) is 0.619. The number of phenolic OH excluding ortho intramolecular Hbond substituents is 2. The number of hydrogen-bond donors (Lipinski definition) is 2. The molecule has 26 heavy (non-hydrogen) atoms. The predicted molar refractivity (Wildman–Crippen MR) is 101 cm³/mol. The van der Waals surface area contributed by atoms with Gasteiger partial charge in [-0.05, 0) is 53.8 Å². The molecule has 0 bridgehead atoms. The number of ether oxygens (including phenoxy) is 1. The summed E-state index contributed by atoms with van der Waals surface area (Å²) in [5.41, 5.74) is 3.07. The number of phenols is 2. The van der Waals surface area contributed by atoms with Crippen LogP contribution >= 0.6 is 11.6 Å². The van der Waals surface area contributed by atoms with Gasteiger partial charge >= 0.3 is 0 Å². The molecule has 1 aliphatic heterocycles. The molecule has 0 radical (unpaired) electrons. The summed E-state index contributed by atoms with van der Waals surface area (Å²) < 4.78 is 5.17. The number of alkyl halides is 1. The zero-order chi connectivity index (χ0) is 19.2. The second kappa shape index (κ2) is 6.72. The summed E-state index contributed by atoms with van der Waals surface area (Å²) in [6.07, 6.45) is 0. The SMILES string of the molecule is COc1cc(C2C(Cl)C(=O)N2c2cc(C(C)C)c(O)cc2C)ccc1O. The maximum Gasteiger partial charge on any atom is 0.248 e. The average molecular weight is 376 g/mol. The molecule has 1 aliphatic rings. The van der Waals surface area contributed by atoms with Gasteiger partial charge in [0, 0.05) is 5.69 Å². The molecule has 2 aromatic carbocycles. The van der Waals surface area contributed by atoms with Crippen molar-refractivity contribution in [3.05, 3.63) is 47.0 Å². The van der Waals surface area contributed by atoms with Crippen molar-refractivity contribution in [1.82, 2.24) is 0 Å². The fourth-order valence-corrected chi connectivity index (χ4v) is 3.70. The summed E-state index contributed by atoms with van der Waals surface area (Å²) in [5, 5.41) is 19.3. The van der Waals surface area contributed by atoms with E-state index in [1.165, 1.54) is 13.2 Å². The molecule has 0 spiro atoms. The summed E-state index contributed by atoms with van der Waals surface area (Å²) in [4.78, 5) is 14.2. The molecule has 0 saturated carbocycles. The van der Waals surface area contributed by atoms with Gasteiger partial charge in [-0.3, -0.25) is 4.79 Å². The van der Waals surface area contributed by atoms with Crippen LogP contribution in [0.3, 0.4) is 0 Å². The number of carbonyl (C=O) groups is 1. The first-order valence-electron chi connectivity index (χ1n) is 8.43. The summed E-state index contributed by atoms with van der Waals surface area (Å²) >= 11 is 6.32. The van der Waals surface area contributed by atoms with E-state index in [4.69, 9.17) is 16.3 Å². The molecule has 2 aromatic rings. The molecule has 1 heterocycles. The molecule has 138 valence electrons. The van der Waals surface area contributed by atoms with E-state index in [0.717, 1.165) is 22.4 Å². The summed E-state index contributed by atoms with van der Waals surface area (Å²) in [5.74, 6) is 0.509. The van der Waals surface area contributed by atoms with Crippen molar-refractivity contribution in [1.29, 1.82) is 0 Å². The van der Waals surface area contributed by atoms with Gasteiger partial charge in [0.05, 0.1) is 13.2 Å². The van der Waals surface area contributed by atoms with Crippen molar-refractivity contribution in [3.63, 3.8) is 0 Å². The summed E-state index contributed by atoms with van der Waals surface area (Å²) in [7, 11) is 1.47. The van der Waals surface area contributed by atoms with Gasteiger partial charge in [0.1, 0.15) is 11.1 Å². The van der Waals surface area contributed by atoms with Gasteiger partial charge in [0.15, 0.2) is 11.5 Å². The molecule has 6 heteroatoms. The van der Waals surface area contributed by atoms with Crippen LogP contribution < -0.4 is 9.64 Å². The number of methoxy groups -OCH3 is 1. The minimum absolute atomic E-state index is 0.0301. The number of carbonyl (C=O) groups excluding carboxylic acids is 1. The fourth-order valence-electron chi connectivity index (χ4n) is 3.34. The molecule has 0 aromatic heterocycles. The molecule has 2 N–H and O–H groups in total. The molecule has 1 fully saturated rings. The zero-order valence-corrected chi connectivity index (χ0v) is 15.9. The van der Waals surface area contributed by atoms with E-state index < -0.39 is 5.38 Å². The highest BCUT2D eigenvalue weighted by atomic mass is 35.5. The van der Waals surface area contributed by atoms with Crippen LogP contribution in [0, 0.1) is 6.92 Å². The van der Waals surface area contributed by atoms with Gasteiger partial charge < -0.3 is 19.8 Å². The maximum absolute atomic E-state index is 12.5. The van der Waals surface area contributed by atoms with Crippen molar-refractivity contribution in [3.8, 4) is 17.2 Å². The Balaban J connectivity index is 2.07. The molecule has 2 unspecified atom stereocenters. The van der Waals surface area contributed by atoms with Gasteiger partial charge in [0.25, 0.3) is 0 Å². The molecule has 1 amide bonds. The molecule has 1 saturated heterocycles. The number of aromatic hydroxyl groups is 2. The van der Waals surface area contributed by atoms with Crippen LogP contribution in [0.25, 0.3) is 0 Å². The van der Waals surface area contributed by atoms with E-state index in [1.54, 1.807) is 23.1 Å². The number of nitrogens with zero attached hydrogens (tertiary/aromatic N) is 1. The van der Waals surface area contributed by atoms with Crippen molar-refractivity contribution >= 4 is 23.2 Å². The minimum Gasteiger partial charge on any atom is -0.508 e. The molecule has 3 rings (SSSR count). The second-order valence-corrected chi connectivity index (χ2v) is 7.31. The maximum atomic E-state index is 12.5. The van der Waals surface area contributed by atoms with Gasteiger partial charge in [0.2, 0.25) is 5.91 Å². The third kappa shape index (κ3) is 2.86. The topological polar surface area (TPSA) is 70.0 Å². The summed E-state index contributed by atoms with van der Waals surface area (Å²) in [6.45, 7) is 5.82. The largest absolute Gasteiger partial charge is 0.508 e. The van der Waals surface area contributed by atoms with Crippen LogP contribution in [0.4, 0.5) is 5.69 Å². The lowest BCUT2D eigenvalue weighted by Gasteiger charge is -2.45. The van der Waals surface area contributed by atoms with Crippen LogP contribution in [0.15, 0.2) is 30.3 Å². The van der Waals surface area contributed by atoms with Crippen LogP contribution in [0.2, 0.25) is 0 Å². The first-order valence-corrected chi connectivity index (χ1v) is 8.87. The number of hydrogen-bond acceptors (Lipinski definition) is 4. The Morgan fingerprint density at radius 3 is 2.46 bits per heavy atom. The highest BCUT2D eigenvalue weighted by Crippen LogP contribution is 2.46. The van der Waals surface area contributed by atoms with Crippen molar-refractivity contribution in [2.45, 2.75) is 38.1 Å². The van der Waals surface area contributed by atoms with Crippen LogP contribution in [0.1, 0.15) is 42.5 Å². The van der Waals surface area contributed by atoms with Crippen molar-refractivity contribution in [2.75, 3.05) is 12.0 Å². The van der Waals surface area contributed by atoms with E-state index in [2.05, 4.69) is 0 Å². The highest BCUT2D eigenvalue weighted by Gasteiger charge is 2.48. The third-order valence-corrected chi connectivity index (χ3v) is 5.23. The first kappa shape index (κ1) is 18.4. The normalized spacial score (nSPS) is 19.6. The first-order chi connectivity index (χ1) is 12.3. The van der Waals surface area contributed by atoms with E-state index in [1.807, 2.05) is 26.8 Å². The van der Waals surface area contributed by atoms with Crippen LogP contribution in [-0.4, -0.2) is 28.6 Å². The number of benzene rings is 2. The lowest BCUT2D eigenvalue weighted by Crippen LogP contribution is -2.56. The van der Waals surface area contributed by atoms with E-state index in [-0.39, 0.29) is 29.4 Å². The smallest absolute Gasteiger partial charge is 0.248 e. The van der Waals surface area contributed by atoms with E-state index in [9.17, 15) is 15.0 Å². The number of rotatable bonds is 4. The molecule has 2 atom stereocenters. The van der Waals surface area contributed by atoms with Crippen LogP contribution in [-0.2, 0) is 4.79 Å². The standard InChI is InChI=1S/C20H22ClNO4/c1-10(2)13-9-14(11(3)7-16(13)24)22-19(18(21)20(22)25)12-5-6-15(23)17(8-12)26-4/h5-10,18-19,23-24H,1-4H3. The van der Waals surface area contributed by atoms with E-state index in [0.29, 0.717) is 5.75 Å². The number of halogens is 1. The summed E-state index contributed by atoms with van der Waals surface area (Å²) in [6, 6.07) is 8.10. The lowest BCUT2D eigenvalue weighted by molar-refractivity contribution is -0.123. The van der Waals surface area contributed by atoms with Gasteiger partial charge in [-0.15, -0.1) is 11.6 Å². The Morgan fingerprint density at radius 1 is 1.15 bits per heavy atom. The van der Waals surface area contributed by atoms with Crippen molar-refractivity contribution in [2.24, 2.45) is 0 Å². The predicted octanol–water partition coefficient (Wildman–Crippen LogP) is 4.23. The van der Waals surface area contributed by atoms with Gasteiger partial charge in [-0.25, -0.2) is 0 Å². The third-order valence-electron chi connectivity index (χ3n) is 4.80. The van der Waals surface area contributed by atoms with Crippen molar-refractivity contribution < 1.29 is 19.7 Å². The van der Waals surface area contributed by atoms with Gasteiger partial charge in [-0.2, -0.15) is 0 Å². The number of amides is 1. The van der Waals surface area contributed by atoms with Crippen LogP contribution in [0.5, 0.6) is 17.2 Å². The monoisotopic (exact) mass is 375 g/mol. The molecule has 5 nitrogen and oxygen atoms in total. The average Bonchev–Trinajstić information content (AvgIpc) is 2.60. The Hall–Kier alpha value is -2.40. The minimum atomic E-state index is -0.694. The Bertz CT molecular complexity index is 865.